The van der Waals surface area contributed by atoms with Crippen molar-refractivity contribution in [1.82, 2.24) is 0 Å². The third kappa shape index (κ3) is 4.61. The number of allylic oxidation sites excluding steroid dienone is 1. The van der Waals surface area contributed by atoms with E-state index in [-0.39, 0.29) is 12.4 Å². The molecule has 0 atom stereocenters. The zero-order chi connectivity index (χ0) is 7.28. The van der Waals surface area contributed by atoms with Gasteiger partial charge in [0.2, 0.25) is 0 Å². The van der Waals surface area contributed by atoms with E-state index in [9.17, 15) is 4.79 Å². The molecule has 0 saturated heterocycles. The molecule has 3 nitrogen and oxygen atoms in total. The second-order valence-corrected chi connectivity index (χ2v) is 1.35. The lowest BCUT2D eigenvalue weighted by molar-refractivity contribution is -0.140. The Hall–Kier alpha value is -1.25. The van der Waals surface area contributed by atoms with Crippen LogP contribution in [0.2, 0.25) is 0 Å². The Bertz CT molecular complexity index is 137. The normalized spacial score (nSPS) is 8.00. The first kappa shape index (κ1) is 7.75. The number of rotatable bonds is 4. The zero-order valence-electron chi connectivity index (χ0n) is 4.96. The predicted molar refractivity (Wildman–Crippen MR) is 32.9 cm³/mol. The van der Waals surface area contributed by atoms with Crippen LogP contribution in [0.15, 0.2) is 25.0 Å². The smallest absolute Gasteiger partial charge is 0.341 e. The molecular formula is C6H8O3. The molecule has 0 heterocycles. The van der Waals surface area contributed by atoms with Crippen molar-refractivity contribution in [3.05, 3.63) is 25.0 Å². The Morgan fingerprint density at radius 3 is 2.67 bits per heavy atom. The van der Waals surface area contributed by atoms with Gasteiger partial charge in [0.15, 0.2) is 6.61 Å². The Kier molecular flexibility index (Phi) is 3.20. The van der Waals surface area contributed by atoms with E-state index in [2.05, 4.69) is 17.9 Å². The maximum atomic E-state index is 9.82. The summed E-state index contributed by atoms with van der Waals surface area (Å²) >= 11 is 0. The van der Waals surface area contributed by atoms with Gasteiger partial charge in [-0.05, 0) is 6.08 Å². The highest BCUT2D eigenvalue weighted by molar-refractivity contribution is 5.68. The number of hydrogen-bond donors (Lipinski definition) is 1. The van der Waals surface area contributed by atoms with Crippen molar-refractivity contribution >= 4 is 5.97 Å². The molecule has 9 heavy (non-hydrogen) atoms. The number of carboxylic acids is 1. The second-order valence-electron chi connectivity index (χ2n) is 1.35. The van der Waals surface area contributed by atoms with Crippen molar-refractivity contribution in [2.75, 3.05) is 6.61 Å². The van der Waals surface area contributed by atoms with E-state index in [1.165, 1.54) is 6.08 Å². The highest BCUT2D eigenvalue weighted by Gasteiger charge is 1.94. The first-order chi connectivity index (χ1) is 4.16. The molecular weight excluding hydrogens is 120 g/mol. The minimum atomic E-state index is -1.02. The van der Waals surface area contributed by atoms with Crippen molar-refractivity contribution in [3.8, 4) is 0 Å². The van der Waals surface area contributed by atoms with Crippen molar-refractivity contribution in [1.29, 1.82) is 0 Å². The molecule has 0 saturated carbocycles. The van der Waals surface area contributed by atoms with Gasteiger partial charge in [0, 0.05) is 0 Å². The number of aliphatic carboxylic acids is 1. The lowest BCUT2D eigenvalue weighted by Gasteiger charge is -1.98. The molecule has 0 rings (SSSR count). The van der Waals surface area contributed by atoms with Crippen molar-refractivity contribution in [2.24, 2.45) is 0 Å². The highest BCUT2D eigenvalue weighted by Crippen LogP contribution is 1.91. The van der Waals surface area contributed by atoms with Crippen LogP contribution in [0.3, 0.4) is 0 Å². The van der Waals surface area contributed by atoms with Crippen molar-refractivity contribution in [3.63, 3.8) is 0 Å². The van der Waals surface area contributed by atoms with E-state index < -0.39 is 5.97 Å². The van der Waals surface area contributed by atoms with Gasteiger partial charge < -0.3 is 9.84 Å². The van der Waals surface area contributed by atoms with E-state index in [0.717, 1.165) is 0 Å². The molecule has 0 fully saturated rings. The molecule has 0 aliphatic heterocycles. The summed E-state index contributed by atoms with van der Waals surface area (Å²) < 4.78 is 4.54. The molecule has 0 bridgehead atoms. The fourth-order valence-electron chi connectivity index (χ4n) is 0.213. The van der Waals surface area contributed by atoms with Gasteiger partial charge in [-0.1, -0.05) is 13.2 Å². The van der Waals surface area contributed by atoms with E-state index >= 15 is 0 Å². The quantitative estimate of drug-likeness (QED) is 0.449. The Morgan fingerprint density at radius 2 is 2.33 bits per heavy atom. The maximum Gasteiger partial charge on any atom is 0.341 e. The Morgan fingerprint density at radius 1 is 1.78 bits per heavy atom. The summed E-state index contributed by atoms with van der Waals surface area (Å²) in [6.45, 7) is 6.31. The molecule has 0 aromatic heterocycles. The van der Waals surface area contributed by atoms with E-state index in [1.807, 2.05) is 0 Å². The minimum absolute atomic E-state index is 0.275. The van der Waals surface area contributed by atoms with E-state index in [0.29, 0.717) is 0 Å². The van der Waals surface area contributed by atoms with Gasteiger partial charge in [-0.3, -0.25) is 0 Å². The van der Waals surface area contributed by atoms with E-state index in [1.54, 1.807) is 0 Å². The number of ether oxygens (including phenoxy) is 1. The van der Waals surface area contributed by atoms with Gasteiger partial charge in [-0.25, -0.2) is 4.79 Å². The van der Waals surface area contributed by atoms with Gasteiger partial charge in [-0.15, -0.1) is 0 Å². The van der Waals surface area contributed by atoms with Gasteiger partial charge >= 0.3 is 5.97 Å². The molecule has 0 aliphatic rings. The van der Waals surface area contributed by atoms with E-state index in [4.69, 9.17) is 5.11 Å². The second kappa shape index (κ2) is 3.72. The summed E-state index contributed by atoms with van der Waals surface area (Å²) in [5.41, 5.74) is 0. The molecule has 0 spiro atoms. The van der Waals surface area contributed by atoms with Gasteiger partial charge in [-0.2, -0.15) is 0 Å². The summed E-state index contributed by atoms with van der Waals surface area (Å²) in [6, 6.07) is 0. The predicted octanol–water partition coefficient (Wildman–Crippen LogP) is 0.787. The van der Waals surface area contributed by atoms with Crippen LogP contribution in [-0.4, -0.2) is 17.7 Å². The largest absolute Gasteiger partial charge is 0.483 e. The number of carbonyl (C=O) groups is 1. The van der Waals surface area contributed by atoms with Crippen LogP contribution in [0.1, 0.15) is 0 Å². The van der Waals surface area contributed by atoms with Gasteiger partial charge in [0.1, 0.15) is 5.76 Å². The molecule has 0 aliphatic carbocycles. The van der Waals surface area contributed by atoms with Crippen LogP contribution in [0.5, 0.6) is 0 Å². The minimum Gasteiger partial charge on any atom is -0.483 e. The highest BCUT2D eigenvalue weighted by atomic mass is 16.5. The molecule has 0 amide bonds. The summed E-state index contributed by atoms with van der Waals surface area (Å²) in [5, 5.41) is 8.06. The summed E-state index contributed by atoms with van der Waals surface area (Å²) in [5.74, 6) is -0.740. The summed E-state index contributed by atoms with van der Waals surface area (Å²) in [4.78, 5) is 9.82. The summed E-state index contributed by atoms with van der Waals surface area (Å²) in [6.07, 6.45) is 1.35. The Labute approximate surface area is 53.3 Å². The van der Waals surface area contributed by atoms with Crippen LogP contribution in [0, 0.1) is 0 Å². The molecule has 50 valence electrons. The Balaban J connectivity index is 3.39. The molecule has 0 aromatic rings. The SMILES string of the molecule is C=CC(=C)OCC(=O)O. The molecule has 0 radical (unpaired) electrons. The number of carboxylic acid groups (broad SMARTS) is 1. The molecule has 0 unspecified atom stereocenters. The lowest BCUT2D eigenvalue weighted by atomic mass is 10.5. The van der Waals surface area contributed by atoms with Crippen LogP contribution in [0.4, 0.5) is 0 Å². The van der Waals surface area contributed by atoms with Crippen LogP contribution in [-0.2, 0) is 9.53 Å². The molecule has 0 aromatic carbocycles. The maximum absolute atomic E-state index is 9.82. The first-order valence-corrected chi connectivity index (χ1v) is 2.32. The van der Waals surface area contributed by atoms with Crippen molar-refractivity contribution < 1.29 is 14.6 Å². The van der Waals surface area contributed by atoms with Crippen LogP contribution in [0.25, 0.3) is 0 Å². The fourth-order valence-corrected chi connectivity index (χ4v) is 0.213. The molecule has 3 heteroatoms. The zero-order valence-corrected chi connectivity index (χ0v) is 4.96. The van der Waals surface area contributed by atoms with Gasteiger partial charge in [0.25, 0.3) is 0 Å². The fraction of sp³-hybridized carbons (Fsp3) is 0.167. The third-order valence-corrected chi connectivity index (χ3v) is 0.609. The van der Waals surface area contributed by atoms with Gasteiger partial charge in [0.05, 0.1) is 0 Å². The van der Waals surface area contributed by atoms with Crippen LogP contribution >= 0.6 is 0 Å². The number of hydrogen-bond acceptors (Lipinski definition) is 2. The monoisotopic (exact) mass is 128 g/mol. The standard InChI is InChI=1S/C6H8O3/c1-3-5(2)9-4-6(7)8/h3H,1-2,4H2,(H,7,8). The average molecular weight is 128 g/mol. The first-order valence-electron chi connectivity index (χ1n) is 2.32. The summed E-state index contributed by atoms with van der Waals surface area (Å²) in [7, 11) is 0. The topological polar surface area (TPSA) is 46.5 Å². The van der Waals surface area contributed by atoms with Crippen molar-refractivity contribution in [2.45, 2.75) is 0 Å². The third-order valence-electron chi connectivity index (χ3n) is 0.609. The molecule has 1 N–H and O–H groups in total. The van der Waals surface area contributed by atoms with Crippen LogP contribution < -0.4 is 0 Å². The average Bonchev–Trinajstić information content (AvgIpc) is 1.83. The lowest BCUT2D eigenvalue weighted by Crippen LogP contribution is -2.04.